The van der Waals surface area contributed by atoms with Gasteiger partial charge in [0, 0.05) is 0 Å². The van der Waals surface area contributed by atoms with Crippen molar-refractivity contribution in [3.05, 3.63) is 47.0 Å². The van der Waals surface area contributed by atoms with Gasteiger partial charge in [0.1, 0.15) is 0 Å². The average molecular weight is 201 g/mol. The summed E-state index contributed by atoms with van der Waals surface area (Å²) in [6.07, 6.45) is 6.21. The van der Waals surface area contributed by atoms with Crippen molar-refractivity contribution in [1.29, 1.82) is 0 Å². The first-order valence-corrected chi connectivity index (χ1v) is 5.74. The largest absolute Gasteiger partial charge is 0.310 e. The molecule has 0 spiro atoms. The number of allylic oxidation sites excluding steroid dienone is 1. The molecule has 80 valence electrons. The molecule has 0 saturated carbocycles. The minimum absolute atomic E-state index is 0.425. The molecule has 1 aromatic carbocycles. The number of hydrogen-bond acceptors (Lipinski definition) is 1. The van der Waals surface area contributed by atoms with Crippen molar-refractivity contribution in [1.82, 2.24) is 5.32 Å². The highest BCUT2D eigenvalue weighted by atomic mass is 14.9. The van der Waals surface area contributed by atoms with Crippen molar-refractivity contribution in [3.63, 3.8) is 0 Å². The molecule has 0 fully saturated rings. The first kappa shape index (κ1) is 10.4. The lowest BCUT2D eigenvalue weighted by atomic mass is 9.95. The maximum absolute atomic E-state index is 3.43. The second kappa shape index (κ2) is 4.63. The van der Waals surface area contributed by atoms with Crippen LogP contribution in [-0.2, 0) is 0 Å². The monoisotopic (exact) mass is 201 g/mol. The highest BCUT2D eigenvalue weighted by Crippen LogP contribution is 2.31. The van der Waals surface area contributed by atoms with E-state index in [2.05, 4.69) is 49.6 Å². The maximum Gasteiger partial charge on any atom is 0.0536 e. The third-order valence-electron chi connectivity index (χ3n) is 3.24. The molecule has 1 atom stereocenters. The molecule has 1 heteroatoms. The van der Waals surface area contributed by atoms with Gasteiger partial charge in [-0.25, -0.2) is 0 Å². The summed E-state index contributed by atoms with van der Waals surface area (Å²) in [5.41, 5.74) is 4.37. The van der Waals surface area contributed by atoms with Crippen molar-refractivity contribution < 1.29 is 0 Å². The highest BCUT2D eigenvalue weighted by molar-refractivity contribution is 5.35. The molecular weight excluding hydrogens is 182 g/mol. The summed E-state index contributed by atoms with van der Waals surface area (Å²) in [7, 11) is 2.05. The zero-order chi connectivity index (χ0) is 10.7. The van der Waals surface area contributed by atoms with Gasteiger partial charge in [0.25, 0.3) is 0 Å². The second-order valence-corrected chi connectivity index (χ2v) is 4.25. The number of nitrogens with one attached hydrogen (secondary N) is 1. The van der Waals surface area contributed by atoms with E-state index < -0.39 is 0 Å². The Hall–Kier alpha value is -1.08. The number of benzene rings is 1. The Labute approximate surface area is 92.2 Å². The van der Waals surface area contributed by atoms with E-state index in [0.29, 0.717) is 6.04 Å². The number of rotatable bonds is 3. The second-order valence-electron chi connectivity index (χ2n) is 4.25. The lowest BCUT2D eigenvalue weighted by molar-refractivity contribution is 0.652. The standard InChI is InChI=1S/C14H19N/c1-11-7-3-6-10-13(11)14(15-2)12-8-4-5-9-12/h3,6-8,10,14-15H,4-5,9H2,1-2H3. The normalized spacial score (nSPS) is 17.6. The summed E-state index contributed by atoms with van der Waals surface area (Å²) in [6.45, 7) is 2.19. The van der Waals surface area contributed by atoms with Crippen molar-refractivity contribution in [2.45, 2.75) is 32.2 Å². The maximum atomic E-state index is 3.43. The first-order chi connectivity index (χ1) is 7.33. The van der Waals surface area contributed by atoms with Crippen molar-refractivity contribution in [2.75, 3.05) is 7.05 Å². The van der Waals surface area contributed by atoms with E-state index in [1.807, 2.05) is 0 Å². The van der Waals surface area contributed by atoms with Crippen molar-refractivity contribution in [2.24, 2.45) is 0 Å². The van der Waals surface area contributed by atoms with Gasteiger partial charge in [-0.05, 0) is 44.4 Å². The van der Waals surface area contributed by atoms with Crippen LogP contribution >= 0.6 is 0 Å². The van der Waals surface area contributed by atoms with Gasteiger partial charge in [-0.2, -0.15) is 0 Å². The lowest BCUT2D eigenvalue weighted by Crippen LogP contribution is -2.18. The van der Waals surface area contributed by atoms with Crippen LogP contribution < -0.4 is 5.32 Å². The van der Waals surface area contributed by atoms with Gasteiger partial charge in [-0.1, -0.05) is 35.9 Å². The van der Waals surface area contributed by atoms with Gasteiger partial charge in [-0.3, -0.25) is 0 Å². The van der Waals surface area contributed by atoms with Gasteiger partial charge in [0.05, 0.1) is 6.04 Å². The summed E-state index contributed by atoms with van der Waals surface area (Å²) in [5.74, 6) is 0. The Bertz CT molecular complexity index is 365. The van der Waals surface area contributed by atoms with Crippen LogP contribution in [0.3, 0.4) is 0 Å². The Kier molecular flexibility index (Phi) is 3.22. The molecule has 0 aliphatic heterocycles. The fraction of sp³-hybridized carbons (Fsp3) is 0.429. The zero-order valence-electron chi connectivity index (χ0n) is 9.59. The van der Waals surface area contributed by atoms with E-state index in [-0.39, 0.29) is 0 Å². The Morgan fingerprint density at radius 1 is 1.27 bits per heavy atom. The zero-order valence-corrected chi connectivity index (χ0v) is 9.59. The van der Waals surface area contributed by atoms with Crippen LogP contribution in [0.2, 0.25) is 0 Å². The molecule has 1 N–H and O–H groups in total. The predicted octanol–water partition coefficient (Wildman–Crippen LogP) is 3.37. The van der Waals surface area contributed by atoms with Crippen molar-refractivity contribution in [3.8, 4) is 0 Å². The smallest absolute Gasteiger partial charge is 0.0536 e. The van der Waals surface area contributed by atoms with Crippen LogP contribution in [0.25, 0.3) is 0 Å². The quantitative estimate of drug-likeness (QED) is 0.739. The minimum atomic E-state index is 0.425. The summed E-state index contributed by atoms with van der Waals surface area (Å²) >= 11 is 0. The van der Waals surface area contributed by atoms with Crippen LogP contribution in [0, 0.1) is 6.92 Å². The van der Waals surface area contributed by atoms with Crippen molar-refractivity contribution >= 4 is 0 Å². The fourth-order valence-electron chi connectivity index (χ4n) is 2.41. The third-order valence-corrected chi connectivity index (χ3v) is 3.24. The Morgan fingerprint density at radius 3 is 2.67 bits per heavy atom. The molecule has 1 unspecified atom stereocenters. The number of likely N-dealkylation sites (N-methyl/N-ethyl adjacent to an activating group) is 1. The summed E-state index contributed by atoms with van der Waals surface area (Å²) < 4.78 is 0. The molecule has 0 heterocycles. The Morgan fingerprint density at radius 2 is 2.07 bits per heavy atom. The van der Waals surface area contributed by atoms with Crippen LogP contribution in [-0.4, -0.2) is 7.05 Å². The van der Waals surface area contributed by atoms with Gasteiger partial charge in [0.2, 0.25) is 0 Å². The topological polar surface area (TPSA) is 12.0 Å². The van der Waals surface area contributed by atoms with Gasteiger partial charge < -0.3 is 5.32 Å². The van der Waals surface area contributed by atoms with Crippen LogP contribution in [0.5, 0.6) is 0 Å². The van der Waals surface area contributed by atoms with Gasteiger partial charge >= 0.3 is 0 Å². The molecule has 0 amide bonds. The minimum Gasteiger partial charge on any atom is -0.310 e. The summed E-state index contributed by atoms with van der Waals surface area (Å²) in [4.78, 5) is 0. The summed E-state index contributed by atoms with van der Waals surface area (Å²) in [5, 5.41) is 3.43. The van der Waals surface area contributed by atoms with E-state index in [1.54, 1.807) is 5.57 Å². The Balaban J connectivity index is 2.30. The first-order valence-electron chi connectivity index (χ1n) is 5.74. The molecule has 1 aliphatic carbocycles. The van der Waals surface area contributed by atoms with E-state index in [1.165, 1.54) is 30.4 Å². The average Bonchev–Trinajstić information content (AvgIpc) is 2.75. The van der Waals surface area contributed by atoms with Gasteiger partial charge in [0.15, 0.2) is 0 Å². The lowest BCUT2D eigenvalue weighted by Gasteiger charge is -2.20. The number of hydrogen-bond donors (Lipinski definition) is 1. The molecule has 0 radical (unpaired) electrons. The molecule has 0 bridgehead atoms. The van der Waals surface area contributed by atoms with E-state index in [0.717, 1.165) is 0 Å². The van der Waals surface area contributed by atoms with E-state index >= 15 is 0 Å². The molecule has 0 aromatic heterocycles. The SMILES string of the molecule is CNC(C1=CCCC1)c1ccccc1C. The third kappa shape index (κ3) is 2.13. The molecular formula is C14H19N. The van der Waals surface area contributed by atoms with Gasteiger partial charge in [-0.15, -0.1) is 0 Å². The molecule has 2 rings (SSSR count). The summed E-state index contributed by atoms with van der Waals surface area (Å²) in [6, 6.07) is 9.08. The molecule has 1 nitrogen and oxygen atoms in total. The molecule has 1 aromatic rings. The fourth-order valence-corrected chi connectivity index (χ4v) is 2.41. The van der Waals surface area contributed by atoms with E-state index in [9.17, 15) is 0 Å². The van der Waals surface area contributed by atoms with Crippen LogP contribution in [0.4, 0.5) is 0 Å². The van der Waals surface area contributed by atoms with Crippen LogP contribution in [0.15, 0.2) is 35.9 Å². The molecule has 1 aliphatic rings. The molecule has 15 heavy (non-hydrogen) atoms. The van der Waals surface area contributed by atoms with Crippen LogP contribution in [0.1, 0.15) is 36.4 Å². The predicted molar refractivity (Wildman–Crippen MR) is 64.9 cm³/mol. The molecule has 0 saturated heterocycles. The highest BCUT2D eigenvalue weighted by Gasteiger charge is 2.18. The number of aryl methyl sites for hydroxylation is 1. The van der Waals surface area contributed by atoms with E-state index in [4.69, 9.17) is 0 Å².